The van der Waals surface area contributed by atoms with Gasteiger partial charge in [-0.3, -0.25) is 0 Å². The maximum atomic E-state index is 11.8. The molecule has 0 radical (unpaired) electrons. The Balaban J connectivity index is 1.63. The number of benzene rings is 1. The van der Waals surface area contributed by atoms with Crippen molar-refractivity contribution in [2.24, 2.45) is 0 Å². The second-order valence-corrected chi connectivity index (χ2v) is 6.26. The molecular weight excluding hydrogens is 332 g/mol. The highest BCUT2D eigenvalue weighted by molar-refractivity contribution is 5.68. The van der Waals surface area contributed by atoms with Crippen LogP contribution >= 0.6 is 0 Å². The smallest absolute Gasteiger partial charge is 0.409 e. The van der Waals surface area contributed by atoms with Crippen LogP contribution in [0.1, 0.15) is 12.8 Å². The summed E-state index contributed by atoms with van der Waals surface area (Å²) in [5.41, 5.74) is 1.84. The zero-order chi connectivity index (χ0) is 17.9. The number of piperidine rings is 1. The number of methoxy groups -OCH3 is 1. The monoisotopic (exact) mass is 352 g/mol. The lowest BCUT2D eigenvalue weighted by atomic mass is 10.1. The first-order valence-corrected chi connectivity index (χ1v) is 8.60. The summed E-state index contributed by atoms with van der Waals surface area (Å²) in [4.78, 5) is 22.3. The van der Waals surface area contributed by atoms with Gasteiger partial charge in [-0.05, 0) is 12.8 Å². The molecule has 8 heteroatoms. The Morgan fingerprint density at radius 1 is 1.31 bits per heavy atom. The highest BCUT2D eigenvalue weighted by atomic mass is 16.5. The summed E-state index contributed by atoms with van der Waals surface area (Å²) in [5.74, 6) is 1.34. The van der Waals surface area contributed by atoms with E-state index in [2.05, 4.69) is 20.4 Å². The number of ether oxygens (including phenoxy) is 1. The Hall–Kier alpha value is -3.16. The standard InChI is InChI=1S/C18H20N6O2/c1-26-18(25)23-9-5-8-14(11-23)21-16-10-15(13-6-3-2-4-7-13)22-17-19-12-20-24(16)17/h2-4,6-7,10,12,14,21H,5,8-9,11H2,1H3. The van der Waals surface area contributed by atoms with E-state index in [0.717, 1.165) is 36.5 Å². The van der Waals surface area contributed by atoms with Crippen molar-refractivity contribution < 1.29 is 9.53 Å². The summed E-state index contributed by atoms with van der Waals surface area (Å²) in [6, 6.07) is 12.0. The van der Waals surface area contributed by atoms with Crippen molar-refractivity contribution in [2.45, 2.75) is 18.9 Å². The maximum absolute atomic E-state index is 11.8. The molecule has 3 aromatic rings. The van der Waals surface area contributed by atoms with Crippen LogP contribution in [-0.2, 0) is 4.74 Å². The summed E-state index contributed by atoms with van der Waals surface area (Å²) in [6.07, 6.45) is 3.09. The second kappa shape index (κ2) is 6.99. The van der Waals surface area contributed by atoms with Crippen LogP contribution in [0.3, 0.4) is 0 Å². The molecule has 8 nitrogen and oxygen atoms in total. The van der Waals surface area contributed by atoms with Crippen molar-refractivity contribution in [3.8, 4) is 11.3 Å². The fourth-order valence-corrected chi connectivity index (χ4v) is 3.27. The van der Waals surface area contributed by atoms with Crippen molar-refractivity contribution in [3.63, 3.8) is 0 Å². The normalized spacial score (nSPS) is 17.3. The van der Waals surface area contributed by atoms with Gasteiger partial charge >= 0.3 is 6.09 Å². The van der Waals surface area contributed by atoms with Crippen molar-refractivity contribution in [2.75, 3.05) is 25.5 Å². The van der Waals surface area contributed by atoms with Gasteiger partial charge in [0.05, 0.1) is 12.8 Å². The van der Waals surface area contributed by atoms with Crippen LogP contribution in [0.4, 0.5) is 10.6 Å². The van der Waals surface area contributed by atoms with E-state index in [4.69, 9.17) is 4.74 Å². The molecular formula is C18H20N6O2. The number of carbonyl (C=O) groups excluding carboxylic acids is 1. The van der Waals surface area contributed by atoms with Crippen LogP contribution in [0.15, 0.2) is 42.7 Å². The van der Waals surface area contributed by atoms with Crippen molar-refractivity contribution >= 4 is 17.7 Å². The zero-order valence-corrected chi connectivity index (χ0v) is 14.5. The quantitative estimate of drug-likeness (QED) is 0.779. The van der Waals surface area contributed by atoms with Gasteiger partial charge in [-0.25, -0.2) is 9.78 Å². The lowest BCUT2D eigenvalue weighted by Crippen LogP contribution is -2.45. The topological polar surface area (TPSA) is 84.6 Å². The van der Waals surface area contributed by atoms with Crippen LogP contribution in [0, 0.1) is 0 Å². The Labute approximate surface area is 150 Å². The van der Waals surface area contributed by atoms with E-state index in [1.54, 1.807) is 9.42 Å². The Morgan fingerprint density at radius 3 is 2.96 bits per heavy atom. The first kappa shape index (κ1) is 16.3. The van der Waals surface area contributed by atoms with Crippen LogP contribution in [0.5, 0.6) is 0 Å². The molecule has 3 heterocycles. The number of anilines is 1. The number of nitrogens with one attached hydrogen (secondary N) is 1. The number of amides is 1. The van der Waals surface area contributed by atoms with Gasteiger partial charge in [-0.2, -0.15) is 14.6 Å². The molecule has 0 saturated carbocycles. The zero-order valence-electron chi connectivity index (χ0n) is 14.5. The fraction of sp³-hybridized carbons (Fsp3) is 0.333. The Bertz CT molecular complexity index is 910. The molecule has 0 aliphatic carbocycles. The molecule has 1 amide bonds. The lowest BCUT2D eigenvalue weighted by molar-refractivity contribution is 0.113. The predicted molar refractivity (Wildman–Crippen MR) is 96.8 cm³/mol. The van der Waals surface area contributed by atoms with Gasteiger partial charge in [0, 0.05) is 30.8 Å². The lowest BCUT2D eigenvalue weighted by Gasteiger charge is -2.32. The van der Waals surface area contributed by atoms with Gasteiger partial charge in [-0.15, -0.1) is 0 Å². The minimum atomic E-state index is -0.290. The van der Waals surface area contributed by atoms with Gasteiger partial charge in [-0.1, -0.05) is 30.3 Å². The highest BCUT2D eigenvalue weighted by Crippen LogP contribution is 2.23. The third-order valence-corrected chi connectivity index (χ3v) is 4.53. The molecule has 1 saturated heterocycles. The number of aromatic nitrogens is 4. The molecule has 1 fully saturated rings. The summed E-state index contributed by atoms with van der Waals surface area (Å²) < 4.78 is 6.53. The minimum absolute atomic E-state index is 0.112. The summed E-state index contributed by atoms with van der Waals surface area (Å²) in [5, 5.41) is 7.76. The van der Waals surface area contributed by atoms with Gasteiger partial charge in [0.2, 0.25) is 0 Å². The van der Waals surface area contributed by atoms with E-state index in [0.29, 0.717) is 12.3 Å². The molecule has 26 heavy (non-hydrogen) atoms. The van der Waals surface area contributed by atoms with Crippen LogP contribution in [0.2, 0.25) is 0 Å². The molecule has 1 N–H and O–H groups in total. The number of rotatable bonds is 3. The average molecular weight is 352 g/mol. The average Bonchev–Trinajstić information content (AvgIpc) is 3.17. The SMILES string of the molecule is COC(=O)N1CCCC(Nc2cc(-c3ccccc3)nc3ncnn23)C1. The molecule has 0 bridgehead atoms. The predicted octanol–water partition coefficient (Wildman–Crippen LogP) is 2.43. The highest BCUT2D eigenvalue weighted by Gasteiger charge is 2.25. The van der Waals surface area contributed by atoms with Gasteiger partial charge in [0.1, 0.15) is 12.1 Å². The number of carbonyl (C=O) groups is 1. The third kappa shape index (κ3) is 3.17. The van der Waals surface area contributed by atoms with E-state index in [-0.39, 0.29) is 12.1 Å². The van der Waals surface area contributed by atoms with Crippen LogP contribution < -0.4 is 5.32 Å². The van der Waals surface area contributed by atoms with E-state index >= 15 is 0 Å². The molecule has 1 atom stereocenters. The Morgan fingerprint density at radius 2 is 2.15 bits per heavy atom. The minimum Gasteiger partial charge on any atom is -0.453 e. The van der Waals surface area contributed by atoms with Gasteiger partial charge in [0.25, 0.3) is 5.78 Å². The van der Waals surface area contributed by atoms with E-state index in [9.17, 15) is 4.79 Å². The number of nitrogens with zero attached hydrogens (tertiary/aromatic N) is 5. The number of fused-ring (bicyclic) bond motifs is 1. The number of hydrogen-bond acceptors (Lipinski definition) is 6. The van der Waals surface area contributed by atoms with Gasteiger partial charge in [0.15, 0.2) is 0 Å². The van der Waals surface area contributed by atoms with Crippen LogP contribution in [-0.4, -0.2) is 56.8 Å². The number of likely N-dealkylation sites (tertiary alicyclic amines) is 1. The second-order valence-electron chi connectivity index (χ2n) is 6.26. The molecule has 1 aliphatic heterocycles. The van der Waals surface area contributed by atoms with Crippen molar-refractivity contribution in [3.05, 3.63) is 42.7 Å². The molecule has 1 unspecified atom stereocenters. The Kier molecular flexibility index (Phi) is 4.39. The summed E-state index contributed by atoms with van der Waals surface area (Å²) in [6.45, 7) is 1.31. The molecule has 4 rings (SSSR count). The first-order chi connectivity index (χ1) is 12.7. The fourth-order valence-electron chi connectivity index (χ4n) is 3.27. The summed E-state index contributed by atoms with van der Waals surface area (Å²) in [7, 11) is 1.41. The van der Waals surface area contributed by atoms with E-state index in [1.807, 2.05) is 36.4 Å². The van der Waals surface area contributed by atoms with Crippen LogP contribution in [0.25, 0.3) is 17.0 Å². The maximum Gasteiger partial charge on any atom is 0.409 e. The third-order valence-electron chi connectivity index (χ3n) is 4.53. The van der Waals surface area contributed by atoms with E-state index < -0.39 is 0 Å². The summed E-state index contributed by atoms with van der Waals surface area (Å²) >= 11 is 0. The molecule has 1 aromatic carbocycles. The number of hydrogen-bond donors (Lipinski definition) is 1. The molecule has 134 valence electrons. The van der Waals surface area contributed by atoms with Crippen molar-refractivity contribution in [1.29, 1.82) is 0 Å². The molecule has 2 aromatic heterocycles. The van der Waals surface area contributed by atoms with E-state index in [1.165, 1.54) is 13.4 Å². The molecule has 0 spiro atoms. The largest absolute Gasteiger partial charge is 0.453 e. The van der Waals surface area contributed by atoms with Gasteiger partial charge < -0.3 is 15.0 Å². The molecule has 1 aliphatic rings. The first-order valence-electron chi connectivity index (χ1n) is 8.60. The van der Waals surface area contributed by atoms with Crippen molar-refractivity contribution in [1.82, 2.24) is 24.5 Å².